The van der Waals surface area contributed by atoms with Crippen molar-refractivity contribution in [2.75, 3.05) is 0 Å². The molecule has 0 saturated carbocycles. The van der Waals surface area contributed by atoms with E-state index >= 15 is 8.78 Å². The zero-order chi connectivity index (χ0) is 26.2. The highest BCUT2D eigenvalue weighted by Crippen LogP contribution is 2.44. The first-order valence-electron chi connectivity index (χ1n) is 11.5. The van der Waals surface area contributed by atoms with Gasteiger partial charge in [0.1, 0.15) is 35.5 Å². The summed E-state index contributed by atoms with van der Waals surface area (Å²) in [5.41, 5.74) is -1.73. The Morgan fingerprint density at radius 2 is 1.73 bits per heavy atom. The van der Waals surface area contributed by atoms with Gasteiger partial charge in [-0.2, -0.15) is 0 Å². The molecule has 0 unspecified atom stereocenters. The Labute approximate surface area is 206 Å². The molecule has 1 N–H and O–H groups in total. The van der Waals surface area contributed by atoms with Crippen molar-refractivity contribution in [3.63, 3.8) is 0 Å². The van der Waals surface area contributed by atoms with Crippen LogP contribution < -0.4 is 5.56 Å². The Balaban J connectivity index is 1.71. The van der Waals surface area contributed by atoms with Crippen molar-refractivity contribution in [3.8, 4) is 22.5 Å². The minimum atomic E-state index is -1.68. The van der Waals surface area contributed by atoms with E-state index in [0.29, 0.717) is 12.1 Å². The van der Waals surface area contributed by atoms with Crippen LogP contribution in [0.2, 0.25) is 0 Å². The number of aliphatic hydroxyl groups is 1. The van der Waals surface area contributed by atoms with Crippen molar-refractivity contribution in [1.82, 2.24) is 9.55 Å². The molecule has 4 aromatic rings. The smallest absolute Gasteiger partial charge is 0.309 e. The predicted octanol–water partition coefficient (Wildman–Crippen LogP) is 4.69. The first kappa shape index (κ1) is 23.4. The molecule has 2 aromatic heterocycles. The van der Waals surface area contributed by atoms with Crippen molar-refractivity contribution >= 4 is 16.9 Å². The van der Waals surface area contributed by atoms with Gasteiger partial charge in [-0.25, -0.2) is 22.5 Å². The lowest BCUT2D eigenvalue weighted by molar-refractivity contribution is -0.149. The number of halogens is 4. The van der Waals surface area contributed by atoms with Crippen LogP contribution in [0.25, 0.3) is 33.4 Å². The van der Waals surface area contributed by atoms with Gasteiger partial charge >= 0.3 is 5.97 Å². The molecule has 4 heterocycles. The van der Waals surface area contributed by atoms with Crippen LogP contribution in [-0.4, -0.2) is 20.6 Å². The first-order valence-corrected chi connectivity index (χ1v) is 11.5. The summed E-state index contributed by atoms with van der Waals surface area (Å²) in [6.07, 6.45) is -0.252. The minimum Gasteiger partial charge on any atom is -0.460 e. The van der Waals surface area contributed by atoms with E-state index in [0.717, 1.165) is 12.1 Å². The van der Waals surface area contributed by atoms with Gasteiger partial charge in [0.2, 0.25) is 0 Å². The van der Waals surface area contributed by atoms with Crippen LogP contribution >= 0.6 is 0 Å². The third-order valence-electron chi connectivity index (χ3n) is 7.17. The first-order chi connectivity index (χ1) is 17.6. The summed E-state index contributed by atoms with van der Waals surface area (Å²) in [7, 11) is 0. The topological polar surface area (TPSA) is 81.4 Å². The Kier molecular flexibility index (Phi) is 5.03. The molecule has 6 rings (SSSR count). The third kappa shape index (κ3) is 3.39. The number of pyridine rings is 2. The molecule has 0 spiro atoms. The van der Waals surface area contributed by atoms with E-state index in [9.17, 15) is 23.5 Å². The minimum absolute atomic E-state index is 0.0190. The van der Waals surface area contributed by atoms with E-state index in [1.807, 2.05) is 0 Å². The predicted molar refractivity (Wildman–Crippen MR) is 124 cm³/mol. The maximum Gasteiger partial charge on any atom is 0.309 e. The Morgan fingerprint density at radius 3 is 2.43 bits per heavy atom. The molecule has 188 valence electrons. The molecule has 1 atom stereocenters. The van der Waals surface area contributed by atoms with E-state index in [-0.39, 0.29) is 70.5 Å². The molecule has 0 aliphatic carbocycles. The summed E-state index contributed by atoms with van der Waals surface area (Å²) < 4.78 is 64.4. The number of cyclic esters (lactones) is 1. The van der Waals surface area contributed by atoms with Crippen LogP contribution in [0, 0.1) is 23.3 Å². The number of fused-ring (bicyclic) bond motifs is 5. The Hall–Kier alpha value is -4.05. The molecule has 2 aromatic carbocycles. The lowest BCUT2D eigenvalue weighted by atomic mass is 9.85. The number of hydrogen-bond acceptors (Lipinski definition) is 5. The second-order valence-corrected chi connectivity index (χ2v) is 9.26. The van der Waals surface area contributed by atoms with E-state index in [1.54, 1.807) is 6.92 Å². The molecule has 0 saturated heterocycles. The quantitative estimate of drug-likeness (QED) is 0.275. The zero-order valence-corrected chi connectivity index (χ0v) is 19.4. The molecule has 0 radical (unpaired) electrons. The monoisotopic (exact) mass is 510 g/mol. The fourth-order valence-electron chi connectivity index (χ4n) is 5.32. The number of rotatable bonds is 2. The van der Waals surface area contributed by atoms with E-state index in [2.05, 4.69) is 4.98 Å². The highest BCUT2D eigenvalue weighted by atomic mass is 19.1. The maximum atomic E-state index is 15.0. The number of carbonyl (C=O) groups excluding carboxylic acids is 1. The summed E-state index contributed by atoms with van der Waals surface area (Å²) in [5, 5.41) is 11.5. The fourth-order valence-corrected chi connectivity index (χ4v) is 5.32. The molecular formula is C27H18F4N2O4. The van der Waals surface area contributed by atoms with Crippen LogP contribution in [-0.2, 0) is 28.3 Å². The Bertz CT molecular complexity index is 1710. The average molecular weight is 510 g/mol. The van der Waals surface area contributed by atoms with E-state index < -0.39 is 46.0 Å². The molecular weight excluding hydrogens is 492 g/mol. The third-order valence-corrected chi connectivity index (χ3v) is 7.17. The second-order valence-electron chi connectivity index (χ2n) is 9.26. The normalized spacial score (nSPS) is 18.3. The molecule has 0 bridgehead atoms. The summed E-state index contributed by atoms with van der Waals surface area (Å²) >= 11 is 0. The van der Waals surface area contributed by atoms with Gasteiger partial charge in [-0.05, 0) is 30.2 Å². The average Bonchev–Trinajstić information content (AvgIpc) is 3.14. The van der Waals surface area contributed by atoms with Crippen molar-refractivity contribution in [2.45, 2.75) is 38.5 Å². The van der Waals surface area contributed by atoms with Crippen molar-refractivity contribution in [3.05, 3.63) is 86.7 Å². The van der Waals surface area contributed by atoms with Gasteiger partial charge in [-0.15, -0.1) is 0 Å². The number of esters is 1. The van der Waals surface area contributed by atoms with Crippen LogP contribution in [0.5, 0.6) is 0 Å². The second kappa shape index (κ2) is 7.97. The largest absolute Gasteiger partial charge is 0.460 e. The number of ether oxygens (including phenoxy) is 1. The van der Waals surface area contributed by atoms with Gasteiger partial charge in [0, 0.05) is 34.7 Å². The molecule has 2 aliphatic heterocycles. The molecule has 0 amide bonds. The molecule has 0 fully saturated rings. The highest BCUT2D eigenvalue weighted by Gasteiger charge is 2.40. The van der Waals surface area contributed by atoms with Gasteiger partial charge in [-0.1, -0.05) is 6.92 Å². The van der Waals surface area contributed by atoms with Crippen molar-refractivity contribution in [2.24, 2.45) is 0 Å². The summed E-state index contributed by atoms with van der Waals surface area (Å²) in [5.74, 6) is -4.73. The fraction of sp³-hybridized carbons (Fsp3) is 0.222. The number of benzene rings is 2. The molecule has 10 heteroatoms. The van der Waals surface area contributed by atoms with Crippen LogP contribution in [0.4, 0.5) is 17.6 Å². The molecule has 2 aliphatic rings. The summed E-state index contributed by atoms with van der Waals surface area (Å²) in [4.78, 5) is 30.2. The van der Waals surface area contributed by atoms with Gasteiger partial charge in [-0.3, -0.25) is 9.59 Å². The van der Waals surface area contributed by atoms with Crippen LogP contribution in [0.15, 0.2) is 41.2 Å². The van der Waals surface area contributed by atoms with Gasteiger partial charge in [0.25, 0.3) is 5.56 Å². The number of aromatic nitrogens is 2. The number of hydrogen-bond donors (Lipinski definition) is 1. The number of carbonyl (C=O) groups is 1. The summed E-state index contributed by atoms with van der Waals surface area (Å²) in [6, 6.07) is 6.15. The standard InChI is InChI=1S/C27H18F4N2O4/c1-2-27(36)9-22(34)37-11-16-17(27)8-21-25-15(10-33(21)26(16)35)23(14-4-3-12(28)7-20(14)32-25)24-18(30)5-13(29)6-19(24)31/h3-8,36H,2,9-11H2,1H3/t27-/m1/s1. The molecule has 37 heavy (non-hydrogen) atoms. The lowest BCUT2D eigenvalue weighted by Crippen LogP contribution is -2.32. The van der Waals surface area contributed by atoms with Crippen molar-refractivity contribution in [1.29, 1.82) is 0 Å². The van der Waals surface area contributed by atoms with Gasteiger partial charge in [0.15, 0.2) is 0 Å². The SMILES string of the molecule is CC[C@@]1(O)CC(=O)OCc2c1cc1n(c2=O)Cc2c-1nc1cc(F)ccc1c2-c1c(F)cc(F)cc1F. The van der Waals surface area contributed by atoms with Crippen LogP contribution in [0.1, 0.15) is 36.5 Å². The van der Waals surface area contributed by atoms with E-state index in [1.165, 1.54) is 16.7 Å². The zero-order valence-electron chi connectivity index (χ0n) is 19.4. The lowest BCUT2D eigenvalue weighted by Gasteiger charge is -2.26. The summed E-state index contributed by atoms with van der Waals surface area (Å²) in [6.45, 7) is 1.16. The van der Waals surface area contributed by atoms with Crippen molar-refractivity contribution < 1.29 is 32.2 Å². The Morgan fingerprint density at radius 1 is 1.00 bits per heavy atom. The van der Waals surface area contributed by atoms with Gasteiger partial charge in [0.05, 0.1) is 41.0 Å². The van der Waals surface area contributed by atoms with E-state index in [4.69, 9.17) is 4.74 Å². The van der Waals surface area contributed by atoms with Crippen LogP contribution in [0.3, 0.4) is 0 Å². The van der Waals surface area contributed by atoms with Gasteiger partial charge < -0.3 is 14.4 Å². The molecule has 6 nitrogen and oxygen atoms in total. The maximum absolute atomic E-state index is 15.0. The number of nitrogens with zero attached hydrogens (tertiary/aromatic N) is 2. The highest BCUT2D eigenvalue weighted by molar-refractivity contribution is 6.00.